The molecule has 0 saturated heterocycles. The van der Waals surface area contributed by atoms with Crippen LogP contribution >= 0.6 is 0 Å². The van der Waals surface area contributed by atoms with Crippen molar-refractivity contribution < 1.29 is 13.2 Å². The molecule has 0 aliphatic heterocycles. The number of hydrogen-bond donors (Lipinski definition) is 1. The molecule has 114 valence electrons. The molecule has 0 aliphatic carbocycles. The first-order valence-electron chi connectivity index (χ1n) is 7.38. The topological polar surface area (TPSA) is 25.2 Å². The molecule has 1 N–H and O–H groups in total. The van der Waals surface area contributed by atoms with Gasteiger partial charge >= 0.3 is 0 Å². The van der Waals surface area contributed by atoms with Crippen molar-refractivity contribution in [1.82, 2.24) is 5.32 Å². The third-order valence-electron chi connectivity index (χ3n) is 3.48. The maximum atomic E-state index is 13.3. The molecule has 21 heavy (non-hydrogen) atoms. The van der Waals surface area contributed by atoms with Crippen molar-refractivity contribution in [2.24, 2.45) is 0 Å². The van der Waals surface area contributed by atoms with E-state index >= 15 is 0 Å². The lowest BCUT2D eigenvalue weighted by Gasteiger charge is -2.19. The molecular weight excluding hydrogens is 272 g/mol. The molecule has 0 saturated carbocycles. The van der Waals surface area contributed by atoms with Crippen LogP contribution in [-0.2, 0) is 12.8 Å². The van der Waals surface area contributed by atoms with E-state index in [1.165, 1.54) is 12.1 Å². The molecule has 1 aromatic carbocycles. The van der Waals surface area contributed by atoms with Gasteiger partial charge < -0.3 is 9.73 Å². The molecule has 2 aromatic rings. The van der Waals surface area contributed by atoms with Crippen LogP contribution in [0.3, 0.4) is 0 Å². The predicted octanol–water partition coefficient (Wildman–Crippen LogP) is 4.40. The number of aryl methyl sites for hydroxylation is 1. The summed E-state index contributed by atoms with van der Waals surface area (Å²) in [5, 5.41) is 3.43. The fourth-order valence-electron chi connectivity index (χ4n) is 2.52. The third-order valence-corrected chi connectivity index (χ3v) is 3.48. The normalized spacial score (nSPS) is 12.6. The Hall–Kier alpha value is -1.68. The van der Waals surface area contributed by atoms with Crippen LogP contribution in [0, 0.1) is 11.6 Å². The Morgan fingerprint density at radius 3 is 2.48 bits per heavy atom. The van der Waals surface area contributed by atoms with E-state index in [0.717, 1.165) is 36.8 Å². The highest BCUT2D eigenvalue weighted by Gasteiger charge is 2.17. The second kappa shape index (κ2) is 7.36. The van der Waals surface area contributed by atoms with Crippen LogP contribution in [0.1, 0.15) is 43.2 Å². The van der Waals surface area contributed by atoms with Crippen molar-refractivity contribution in [1.29, 1.82) is 0 Å². The van der Waals surface area contributed by atoms with Gasteiger partial charge in [-0.1, -0.05) is 13.8 Å². The maximum Gasteiger partial charge on any atom is 0.126 e. The smallest absolute Gasteiger partial charge is 0.126 e. The van der Waals surface area contributed by atoms with Gasteiger partial charge in [0.15, 0.2) is 0 Å². The number of halogens is 2. The van der Waals surface area contributed by atoms with Gasteiger partial charge in [-0.15, -0.1) is 0 Å². The van der Waals surface area contributed by atoms with Gasteiger partial charge in [-0.05, 0) is 43.1 Å². The van der Waals surface area contributed by atoms with Gasteiger partial charge in [-0.3, -0.25) is 0 Å². The van der Waals surface area contributed by atoms with Crippen LogP contribution < -0.4 is 5.32 Å². The molecule has 4 heteroatoms. The van der Waals surface area contributed by atoms with Gasteiger partial charge in [-0.2, -0.15) is 0 Å². The Labute approximate surface area is 124 Å². The molecule has 1 unspecified atom stereocenters. The monoisotopic (exact) mass is 293 g/mol. The zero-order chi connectivity index (χ0) is 15.2. The molecule has 1 heterocycles. The number of hydrogen-bond acceptors (Lipinski definition) is 2. The van der Waals surface area contributed by atoms with Gasteiger partial charge in [0.1, 0.15) is 17.4 Å². The lowest BCUT2D eigenvalue weighted by Crippen LogP contribution is -2.24. The minimum atomic E-state index is -0.540. The fourth-order valence-corrected chi connectivity index (χ4v) is 2.52. The molecular formula is C17H21F2NO. The first kappa shape index (κ1) is 15.7. The van der Waals surface area contributed by atoms with Gasteiger partial charge in [-0.25, -0.2) is 8.78 Å². The Balaban J connectivity index is 2.23. The Morgan fingerprint density at radius 1 is 1.14 bits per heavy atom. The molecule has 0 amide bonds. The second-order valence-electron chi connectivity index (χ2n) is 5.14. The highest BCUT2D eigenvalue weighted by molar-refractivity contribution is 5.26. The molecule has 2 rings (SSSR count). The standard InChI is InChI=1S/C17H21F2NO/c1-3-6-20-16(15-5-7-21-17(15)4-2)10-12-8-13(18)11-14(19)9-12/h5,7-9,11,16,20H,3-4,6,10H2,1-2H3. The largest absolute Gasteiger partial charge is 0.469 e. The number of benzene rings is 1. The van der Waals surface area contributed by atoms with Crippen molar-refractivity contribution in [3.63, 3.8) is 0 Å². The summed E-state index contributed by atoms with van der Waals surface area (Å²) < 4.78 is 32.2. The van der Waals surface area contributed by atoms with E-state index < -0.39 is 11.6 Å². The SMILES string of the molecule is CCCNC(Cc1cc(F)cc(F)c1)c1ccoc1CC. The van der Waals surface area contributed by atoms with Crippen LogP contribution in [0.15, 0.2) is 34.9 Å². The van der Waals surface area contributed by atoms with Crippen LogP contribution in [0.25, 0.3) is 0 Å². The summed E-state index contributed by atoms with van der Waals surface area (Å²) in [5.41, 5.74) is 1.71. The Bertz CT molecular complexity index is 560. The summed E-state index contributed by atoms with van der Waals surface area (Å²) in [6.07, 6.45) is 3.99. The van der Waals surface area contributed by atoms with Gasteiger partial charge in [0.2, 0.25) is 0 Å². The van der Waals surface area contributed by atoms with Crippen molar-refractivity contribution >= 4 is 0 Å². The zero-order valence-electron chi connectivity index (χ0n) is 12.5. The minimum absolute atomic E-state index is 0.000139. The van der Waals surface area contributed by atoms with Gasteiger partial charge in [0, 0.05) is 24.1 Å². The third kappa shape index (κ3) is 4.14. The average molecular weight is 293 g/mol. The number of nitrogens with one attached hydrogen (secondary N) is 1. The molecule has 0 radical (unpaired) electrons. The first-order chi connectivity index (χ1) is 10.1. The molecule has 0 aliphatic rings. The van der Waals surface area contributed by atoms with Crippen LogP contribution in [0.2, 0.25) is 0 Å². The predicted molar refractivity (Wildman–Crippen MR) is 79.2 cm³/mol. The van der Waals surface area contributed by atoms with E-state index in [-0.39, 0.29) is 6.04 Å². The molecule has 0 spiro atoms. The van der Waals surface area contributed by atoms with Crippen LogP contribution in [0.4, 0.5) is 8.78 Å². The highest BCUT2D eigenvalue weighted by atomic mass is 19.1. The number of furan rings is 1. The van der Waals surface area contributed by atoms with Crippen molar-refractivity contribution in [3.8, 4) is 0 Å². The minimum Gasteiger partial charge on any atom is -0.469 e. The summed E-state index contributed by atoms with van der Waals surface area (Å²) in [6, 6.07) is 5.60. The van der Waals surface area contributed by atoms with E-state index in [4.69, 9.17) is 4.42 Å². The molecule has 1 atom stereocenters. The van der Waals surface area contributed by atoms with Crippen molar-refractivity contribution in [2.75, 3.05) is 6.54 Å². The summed E-state index contributed by atoms with van der Waals surface area (Å²) in [4.78, 5) is 0. The van der Waals surface area contributed by atoms with Crippen LogP contribution in [-0.4, -0.2) is 6.54 Å². The van der Waals surface area contributed by atoms with E-state index in [1.54, 1.807) is 6.26 Å². The molecule has 1 aromatic heterocycles. The Kier molecular flexibility index (Phi) is 5.51. The summed E-state index contributed by atoms with van der Waals surface area (Å²) in [6.45, 7) is 4.96. The second-order valence-corrected chi connectivity index (χ2v) is 5.14. The van der Waals surface area contributed by atoms with Crippen molar-refractivity contribution in [3.05, 3.63) is 59.1 Å². The molecule has 0 bridgehead atoms. The van der Waals surface area contributed by atoms with Crippen molar-refractivity contribution in [2.45, 2.75) is 39.2 Å². The first-order valence-corrected chi connectivity index (χ1v) is 7.38. The van der Waals surface area contributed by atoms with E-state index in [0.29, 0.717) is 12.0 Å². The van der Waals surface area contributed by atoms with Gasteiger partial charge in [0.25, 0.3) is 0 Å². The maximum absolute atomic E-state index is 13.3. The lowest BCUT2D eigenvalue weighted by atomic mass is 9.98. The quantitative estimate of drug-likeness (QED) is 0.818. The molecule has 2 nitrogen and oxygen atoms in total. The van der Waals surface area contributed by atoms with E-state index in [2.05, 4.69) is 12.2 Å². The molecule has 0 fully saturated rings. The average Bonchev–Trinajstić information content (AvgIpc) is 2.90. The summed E-state index contributed by atoms with van der Waals surface area (Å²) in [5.74, 6) is -0.162. The highest BCUT2D eigenvalue weighted by Crippen LogP contribution is 2.24. The number of rotatable bonds is 7. The fraction of sp³-hybridized carbons (Fsp3) is 0.412. The lowest BCUT2D eigenvalue weighted by molar-refractivity contribution is 0.480. The zero-order valence-corrected chi connectivity index (χ0v) is 12.5. The Morgan fingerprint density at radius 2 is 1.86 bits per heavy atom. The van der Waals surface area contributed by atoms with Gasteiger partial charge in [0.05, 0.1) is 6.26 Å². The van der Waals surface area contributed by atoms with E-state index in [9.17, 15) is 8.78 Å². The summed E-state index contributed by atoms with van der Waals surface area (Å²) >= 11 is 0. The van der Waals surface area contributed by atoms with E-state index in [1.807, 2.05) is 13.0 Å². The summed E-state index contributed by atoms with van der Waals surface area (Å²) in [7, 11) is 0. The van der Waals surface area contributed by atoms with Crippen LogP contribution in [0.5, 0.6) is 0 Å².